The van der Waals surface area contributed by atoms with Gasteiger partial charge in [0, 0.05) is 35.4 Å². The maximum atomic E-state index is 12.5. The van der Waals surface area contributed by atoms with Gasteiger partial charge in [-0.1, -0.05) is 13.8 Å². The molecule has 1 saturated carbocycles. The van der Waals surface area contributed by atoms with Crippen molar-refractivity contribution in [2.45, 2.75) is 39.2 Å². The second kappa shape index (κ2) is 6.79. The lowest BCUT2D eigenvalue weighted by molar-refractivity contribution is -0.118. The van der Waals surface area contributed by atoms with Crippen molar-refractivity contribution >= 4 is 39.8 Å². The lowest BCUT2D eigenvalue weighted by atomic mass is 10.0. The lowest BCUT2D eigenvalue weighted by Crippen LogP contribution is -2.36. The highest BCUT2D eigenvalue weighted by molar-refractivity contribution is 6.03. The van der Waals surface area contributed by atoms with Crippen LogP contribution in [0.4, 0.5) is 17.2 Å². The van der Waals surface area contributed by atoms with Crippen LogP contribution in [0.1, 0.15) is 33.1 Å². The molecule has 2 aromatic rings. The molecular formula is C21H23N5O2. The summed E-state index contributed by atoms with van der Waals surface area (Å²) in [4.78, 5) is 30.8. The van der Waals surface area contributed by atoms with Crippen LogP contribution in [-0.4, -0.2) is 22.8 Å². The molecule has 0 radical (unpaired) electrons. The third-order valence-corrected chi connectivity index (χ3v) is 5.70. The van der Waals surface area contributed by atoms with Gasteiger partial charge in [0.05, 0.1) is 17.9 Å². The zero-order chi connectivity index (χ0) is 20.0. The molecule has 1 aliphatic heterocycles. The zero-order valence-corrected chi connectivity index (χ0v) is 16.0. The van der Waals surface area contributed by atoms with Gasteiger partial charge in [0.1, 0.15) is 5.82 Å². The first-order valence-electron chi connectivity index (χ1n) is 9.61. The molecule has 0 bridgehead atoms. The number of hydrogen-bond donors (Lipinski definition) is 2. The van der Waals surface area contributed by atoms with Crippen molar-refractivity contribution in [3.63, 3.8) is 0 Å². The van der Waals surface area contributed by atoms with E-state index in [-0.39, 0.29) is 29.7 Å². The van der Waals surface area contributed by atoms with Crippen molar-refractivity contribution in [1.29, 1.82) is 5.26 Å². The van der Waals surface area contributed by atoms with Gasteiger partial charge in [-0.15, -0.1) is 0 Å². The summed E-state index contributed by atoms with van der Waals surface area (Å²) in [7, 11) is 0. The number of carbonyl (C=O) groups is 2. The standard InChI is InChI=1S/C21H23N5O2/c1-11(2)18-3-4-20(27)26(18)14-5-12-7-19(24-10-16(12)17(23)8-14)25-21(28)15-6-13(15)9-22/h5,7-8,10-11,13,15,18H,3-4,6,23H2,1-2H3,(H,24,25,28)/t13-,15+,18?/m1/s1. The minimum atomic E-state index is -0.257. The van der Waals surface area contributed by atoms with Crippen LogP contribution in [-0.2, 0) is 9.59 Å². The van der Waals surface area contributed by atoms with Crippen molar-refractivity contribution in [3.8, 4) is 6.07 Å². The van der Waals surface area contributed by atoms with E-state index in [4.69, 9.17) is 11.0 Å². The Balaban J connectivity index is 1.66. The second-order valence-electron chi connectivity index (χ2n) is 8.01. The molecule has 28 heavy (non-hydrogen) atoms. The highest BCUT2D eigenvalue weighted by atomic mass is 16.2. The van der Waals surface area contributed by atoms with Crippen LogP contribution >= 0.6 is 0 Å². The number of benzene rings is 1. The van der Waals surface area contributed by atoms with Crippen molar-refractivity contribution in [2.24, 2.45) is 17.8 Å². The lowest BCUT2D eigenvalue weighted by Gasteiger charge is -2.28. The molecule has 1 aliphatic carbocycles. The number of nitrogen functional groups attached to an aromatic ring is 1. The normalized spacial score (nSPS) is 23.9. The molecule has 1 aromatic carbocycles. The van der Waals surface area contributed by atoms with Crippen LogP contribution in [0.2, 0.25) is 0 Å². The fourth-order valence-electron chi connectivity index (χ4n) is 4.00. The number of carbonyl (C=O) groups excluding carboxylic acids is 2. The average molecular weight is 377 g/mol. The number of rotatable bonds is 4. The molecule has 1 unspecified atom stereocenters. The van der Waals surface area contributed by atoms with Crippen LogP contribution in [0, 0.1) is 29.1 Å². The number of hydrogen-bond acceptors (Lipinski definition) is 5. The predicted molar refractivity (Wildman–Crippen MR) is 107 cm³/mol. The minimum Gasteiger partial charge on any atom is -0.398 e. The van der Waals surface area contributed by atoms with Crippen molar-refractivity contribution in [1.82, 2.24) is 4.98 Å². The van der Waals surface area contributed by atoms with E-state index in [0.717, 1.165) is 22.9 Å². The number of nitrogens with one attached hydrogen (secondary N) is 1. The third kappa shape index (κ3) is 3.15. The minimum absolute atomic E-state index is 0.108. The van der Waals surface area contributed by atoms with Crippen molar-refractivity contribution in [3.05, 3.63) is 24.4 Å². The topological polar surface area (TPSA) is 112 Å². The van der Waals surface area contributed by atoms with Gasteiger partial charge in [0.2, 0.25) is 11.8 Å². The van der Waals surface area contributed by atoms with E-state index in [2.05, 4.69) is 30.2 Å². The van der Waals surface area contributed by atoms with Gasteiger partial charge in [-0.05, 0) is 42.3 Å². The Morgan fingerprint density at radius 1 is 1.39 bits per heavy atom. The van der Waals surface area contributed by atoms with Crippen LogP contribution in [0.5, 0.6) is 0 Å². The molecular weight excluding hydrogens is 354 g/mol. The summed E-state index contributed by atoms with van der Waals surface area (Å²) in [5.74, 6) is 0.242. The first-order chi connectivity index (χ1) is 13.4. The number of anilines is 3. The fourth-order valence-corrected chi connectivity index (χ4v) is 4.00. The molecule has 1 aromatic heterocycles. The molecule has 1 saturated heterocycles. The van der Waals surface area contributed by atoms with Gasteiger partial charge in [-0.2, -0.15) is 5.26 Å². The van der Waals surface area contributed by atoms with Gasteiger partial charge >= 0.3 is 0 Å². The maximum Gasteiger partial charge on any atom is 0.230 e. The number of amides is 2. The van der Waals surface area contributed by atoms with Gasteiger partial charge in [-0.25, -0.2) is 4.98 Å². The van der Waals surface area contributed by atoms with Crippen LogP contribution in [0.25, 0.3) is 10.8 Å². The second-order valence-corrected chi connectivity index (χ2v) is 8.01. The summed E-state index contributed by atoms with van der Waals surface area (Å²) in [5, 5.41) is 13.3. The molecule has 3 atom stereocenters. The number of nitrogens with zero attached hydrogens (tertiary/aromatic N) is 3. The molecule has 4 rings (SSSR count). The summed E-state index contributed by atoms with van der Waals surface area (Å²) < 4.78 is 0. The third-order valence-electron chi connectivity index (χ3n) is 5.70. The Labute approximate surface area is 163 Å². The van der Waals surface area contributed by atoms with Gasteiger partial charge in [0.25, 0.3) is 0 Å². The van der Waals surface area contributed by atoms with E-state index in [1.54, 1.807) is 12.3 Å². The van der Waals surface area contributed by atoms with E-state index in [0.29, 0.717) is 30.3 Å². The molecule has 2 heterocycles. The monoisotopic (exact) mass is 377 g/mol. The van der Waals surface area contributed by atoms with E-state index < -0.39 is 0 Å². The Bertz CT molecular complexity index is 1010. The van der Waals surface area contributed by atoms with E-state index in [1.807, 2.05) is 17.0 Å². The highest BCUT2D eigenvalue weighted by Gasteiger charge is 2.43. The highest BCUT2D eigenvalue weighted by Crippen LogP contribution is 2.39. The molecule has 144 valence electrons. The number of pyridine rings is 1. The molecule has 2 fully saturated rings. The molecule has 0 spiro atoms. The van der Waals surface area contributed by atoms with Crippen LogP contribution < -0.4 is 16.0 Å². The summed E-state index contributed by atoms with van der Waals surface area (Å²) in [6.07, 6.45) is 3.61. The fraction of sp³-hybridized carbons (Fsp3) is 0.429. The Morgan fingerprint density at radius 2 is 2.18 bits per heavy atom. The van der Waals surface area contributed by atoms with Crippen molar-refractivity contribution < 1.29 is 9.59 Å². The largest absolute Gasteiger partial charge is 0.398 e. The van der Waals surface area contributed by atoms with E-state index in [1.165, 1.54) is 0 Å². The number of nitriles is 1. The van der Waals surface area contributed by atoms with Crippen molar-refractivity contribution in [2.75, 3.05) is 16.0 Å². The molecule has 7 heteroatoms. The first kappa shape index (κ1) is 18.2. The van der Waals surface area contributed by atoms with Gasteiger partial charge in [-0.3, -0.25) is 9.59 Å². The summed E-state index contributed by atoms with van der Waals surface area (Å²) in [6.45, 7) is 4.23. The quantitative estimate of drug-likeness (QED) is 0.795. The number of fused-ring (bicyclic) bond motifs is 1. The summed E-state index contributed by atoms with van der Waals surface area (Å²) >= 11 is 0. The SMILES string of the molecule is CC(C)C1CCC(=O)N1c1cc(N)c2cnc(NC(=O)[C@H]3C[C@@H]3C#N)cc2c1. The Morgan fingerprint density at radius 3 is 2.86 bits per heavy atom. The zero-order valence-electron chi connectivity index (χ0n) is 16.0. The molecule has 2 aliphatic rings. The van der Waals surface area contributed by atoms with Crippen LogP contribution in [0.3, 0.4) is 0 Å². The van der Waals surface area contributed by atoms with Crippen LogP contribution in [0.15, 0.2) is 24.4 Å². The van der Waals surface area contributed by atoms with Gasteiger partial charge < -0.3 is 16.0 Å². The molecule has 7 nitrogen and oxygen atoms in total. The Hall–Kier alpha value is -3.14. The predicted octanol–water partition coefficient (Wildman–Crippen LogP) is 3.07. The Kier molecular flexibility index (Phi) is 4.42. The summed E-state index contributed by atoms with van der Waals surface area (Å²) in [6, 6.07) is 7.78. The average Bonchev–Trinajstić information content (AvgIpc) is 3.35. The van der Waals surface area contributed by atoms with Gasteiger partial charge in [0.15, 0.2) is 0 Å². The number of nitrogens with two attached hydrogens (primary N) is 1. The first-order valence-corrected chi connectivity index (χ1v) is 9.61. The van der Waals surface area contributed by atoms with E-state index >= 15 is 0 Å². The van der Waals surface area contributed by atoms with E-state index in [9.17, 15) is 9.59 Å². The summed E-state index contributed by atoms with van der Waals surface area (Å²) in [5.41, 5.74) is 7.56. The molecule has 2 amide bonds. The molecule has 3 N–H and O–H groups in total. The number of aromatic nitrogens is 1. The smallest absolute Gasteiger partial charge is 0.230 e. The maximum absolute atomic E-state index is 12.5.